The van der Waals surface area contributed by atoms with Crippen LogP contribution >= 0.6 is 15.9 Å². The van der Waals surface area contributed by atoms with Crippen LogP contribution in [-0.4, -0.2) is 22.8 Å². The lowest BCUT2D eigenvalue weighted by molar-refractivity contribution is 0.318. The van der Waals surface area contributed by atoms with E-state index in [4.69, 9.17) is 11.1 Å². The van der Waals surface area contributed by atoms with Gasteiger partial charge in [-0.15, -0.1) is 0 Å². The van der Waals surface area contributed by atoms with Crippen molar-refractivity contribution in [2.45, 2.75) is 13.1 Å². The maximum Gasteiger partial charge on any atom is 0.142 e. The average Bonchev–Trinajstić information content (AvgIpc) is 2.41. The highest BCUT2D eigenvalue weighted by molar-refractivity contribution is 9.10. The summed E-state index contributed by atoms with van der Waals surface area (Å²) >= 11 is 3.55. The fraction of sp³-hybridized carbons (Fsp3) is 0.200. The predicted molar refractivity (Wildman–Crippen MR) is 84.6 cm³/mol. The molecule has 1 aromatic carbocycles. The summed E-state index contributed by atoms with van der Waals surface area (Å²) < 4.78 is 1.10. The molecule has 4 nitrogen and oxygen atoms in total. The molecule has 0 fully saturated rings. The second kappa shape index (κ2) is 6.63. The first-order valence-electron chi connectivity index (χ1n) is 6.28. The number of amidine groups is 1. The zero-order valence-electron chi connectivity index (χ0n) is 11.3. The van der Waals surface area contributed by atoms with E-state index in [0.717, 1.165) is 16.6 Å². The number of aromatic nitrogens is 1. The summed E-state index contributed by atoms with van der Waals surface area (Å²) in [6, 6.07) is 12.0. The second-order valence-corrected chi connectivity index (χ2v) is 5.54. The van der Waals surface area contributed by atoms with E-state index in [1.165, 1.54) is 5.56 Å². The fourth-order valence-electron chi connectivity index (χ4n) is 2.07. The van der Waals surface area contributed by atoms with Crippen LogP contribution in [0.5, 0.6) is 0 Å². The Morgan fingerprint density at radius 1 is 1.20 bits per heavy atom. The van der Waals surface area contributed by atoms with Crippen LogP contribution in [0.2, 0.25) is 0 Å². The SMILES string of the molecule is CN(Cc1ccccc1Br)Cc1cccnc1C(=N)N. The number of nitrogens with zero attached hydrogens (tertiary/aromatic N) is 2. The largest absolute Gasteiger partial charge is 0.382 e. The Balaban J connectivity index is 2.11. The zero-order valence-corrected chi connectivity index (χ0v) is 12.9. The van der Waals surface area contributed by atoms with Gasteiger partial charge in [0.05, 0.1) is 0 Å². The number of halogens is 1. The van der Waals surface area contributed by atoms with Crippen LogP contribution in [-0.2, 0) is 13.1 Å². The Morgan fingerprint density at radius 3 is 2.55 bits per heavy atom. The smallest absolute Gasteiger partial charge is 0.142 e. The van der Waals surface area contributed by atoms with Gasteiger partial charge in [-0.1, -0.05) is 40.2 Å². The lowest BCUT2D eigenvalue weighted by Crippen LogP contribution is -2.22. The molecule has 0 unspecified atom stereocenters. The minimum absolute atomic E-state index is 0.00916. The van der Waals surface area contributed by atoms with E-state index in [1.807, 2.05) is 37.4 Å². The molecule has 0 saturated heterocycles. The van der Waals surface area contributed by atoms with Gasteiger partial charge < -0.3 is 5.73 Å². The molecule has 20 heavy (non-hydrogen) atoms. The van der Waals surface area contributed by atoms with Crippen molar-refractivity contribution in [3.05, 3.63) is 63.9 Å². The quantitative estimate of drug-likeness (QED) is 0.653. The van der Waals surface area contributed by atoms with Crippen molar-refractivity contribution in [1.29, 1.82) is 5.41 Å². The van der Waals surface area contributed by atoms with Crippen molar-refractivity contribution in [2.24, 2.45) is 5.73 Å². The summed E-state index contributed by atoms with van der Waals surface area (Å²) in [5.74, 6) is 0.00916. The lowest BCUT2D eigenvalue weighted by atomic mass is 10.1. The molecule has 0 spiro atoms. The third-order valence-corrected chi connectivity index (χ3v) is 3.76. The number of nitrogen functional groups attached to an aromatic ring is 1. The third-order valence-electron chi connectivity index (χ3n) is 2.98. The Bertz CT molecular complexity index is 612. The monoisotopic (exact) mass is 332 g/mol. The molecule has 2 rings (SSSR count). The van der Waals surface area contributed by atoms with Gasteiger partial charge in [0.25, 0.3) is 0 Å². The molecule has 0 atom stereocenters. The van der Waals surface area contributed by atoms with Gasteiger partial charge in [-0.2, -0.15) is 0 Å². The van der Waals surface area contributed by atoms with Crippen molar-refractivity contribution < 1.29 is 0 Å². The number of nitrogens with two attached hydrogens (primary N) is 1. The van der Waals surface area contributed by atoms with Crippen molar-refractivity contribution >= 4 is 21.8 Å². The molecule has 0 amide bonds. The third kappa shape index (κ3) is 3.65. The summed E-state index contributed by atoms with van der Waals surface area (Å²) in [5.41, 5.74) is 8.32. The van der Waals surface area contributed by atoms with Crippen LogP contribution in [0, 0.1) is 5.41 Å². The van der Waals surface area contributed by atoms with E-state index >= 15 is 0 Å². The van der Waals surface area contributed by atoms with E-state index in [9.17, 15) is 0 Å². The maximum atomic E-state index is 7.57. The van der Waals surface area contributed by atoms with Gasteiger partial charge >= 0.3 is 0 Å². The molecule has 1 heterocycles. The Hall–Kier alpha value is -1.72. The molecular weight excluding hydrogens is 316 g/mol. The number of hydrogen-bond acceptors (Lipinski definition) is 3. The van der Waals surface area contributed by atoms with Gasteiger partial charge in [-0.25, -0.2) is 0 Å². The van der Waals surface area contributed by atoms with Gasteiger partial charge in [-0.3, -0.25) is 15.3 Å². The molecule has 2 aromatic rings. The first-order valence-corrected chi connectivity index (χ1v) is 7.07. The van der Waals surface area contributed by atoms with Crippen molar-refractivity contribution in [1.82, 2.24) is 9.88 Å². The highest BCUT2D eigenvalue weighted by Crippen LogP contribution is 2.18. The molecule has 1 aromatic heterocycles. The van der Waals surface area contributed by atoms with E-state index in [0.29, 0.717) is 12.2 Å². The van der Waals surface area contributed by atoms with Crippen molar-refractivity contribution in [2.75, 3.05) is 7.05 Å². The van der Waals surface area contributed by atoms with E-state index in [2.05, 4.69) is 31.9 Å². The number of benzene rings is 1. The standard InChI is InChI=1S/C15H17BrN4/c1-20(9-11-5-2-3-7-13(11)16)10-12-6-4-8-19-14(12)15(17)18/h2-8H,9-10H2,1H3,(H3,17,18). The van der Waals surface area contributed by atoms with Crippen LogP contribution in [0.4, 0.5) is 0 Å². The molecule has 104 valence electrons. The second-order valence-electron chi connectivity index (χ2n) is 4.69. The summed E-state index contributed by atoms with van der Waals surface area (Å²) in [4.78, 5) is 6.34. The van der Waals surface area contributed by atoms with Gasteiger partial charge in [0.2, 0.25) is 0 Å². The number of pyridine rings is 1. The molecule has 0 aliphatic rings. The minimum atomic E-state index is 0.00916. The summed E-state index contributed by atoms with van der Waals surface area (Å²) in [5, 5.41) is 7.57. The Kier molecular flexibility index (Phi) is 4.87. The van der Waals surface area contributed by atoms with E-state index in [-0.39, 0.29) is 5.84 Å². The molecule has 0 bridgehead atoms. The fourth-order valence-corrected chi connectivity index (χ4v) is 2.48. The first kappa shape index (κ1) is 14.7. The first-order chi connectivity index (χ1) is 9.58. The molecule has 5 heteroatoms. The van der Waals surface area contributed by atoms with E-state index in [1.54, 1.807) is 6.20 Å². The number of rotatable bonds is 5. The van der Waals surface area contributed by atoms with Crippen LogP contribution in [0.1, 0.15) is 16.8 Å². The van der Waals surface area contributed by atoms with Crippen LogP contribution < -0.4 is 5.73 Å². The van der Waals surface area contributed by atoms with Gasteiger partial charge in [-0.05, 0) is 30.3 Å². The van der Waals surface area contributed by atoms with Gasteiger partial charge in [0, 0.05) is 23.8 Å². The topological polar surface area (TPSA) is 66.0 Å². The van der Waals surface area contributed by atoms with E-state index < -0.39 is 0 Å². The van der Waals surface area contributed by atoms with Crippen molar-refractivity contribution in [3.8, 4) is 0 Å². The zero-order chi connectivity index (χ0) is 14.5. The van der Waals surface area contributed by atoms with Gasteiger partial charge in [0.15, 0.2) is 0 Å². The molecular formula is C15H17BrN4. The van der Waals surface area contributed by atoms with Crippen LogP contribution in [0.15, 0.2) is 47.1 Å². The highest BCUT2D eigenvalue weighted by Gasteiger charge is 2.10. The van der Waals surface area contributed by atoms with Crippen molar-refractivity contribution in [3.63, 3.8) is 0 Å². The van der Waals surface area contributed by atoms with Gasteiger partial charge in [0.1, 0.15) is 11.5 Å². The molecule has 0 saturated carbocycles. The number of hydrogen-bond donors (Lipinski definition) is 2. The predicted octanol–water partition coefficient (Wildman–Crippen LogP) is 2.76. The summed E-state index contributed by atoms with van der Waals surface area (Å²) in [6.45, 7) is 1.51. The molecule has 0 aliphatic heterocycles. The maximum absolute atomic E-state index is 7.57. The lowest BCUT2D eigenvalue weighted by Gasteiger charge is -2.19. The highest BCUT2D eigenvalue weighted by atomic mass is 79.9. The summed E-state index contributed by atoms with van der Waals surface area (Å²) in [7, 11) is 2.04. The molecule has 0 aliphatic carbocycles. The Morgan fingerprint density at radius 2 is 1.85 bits per heavy atom. The normalized spacial score (nSPS) is 10.8. The van der Waals surface area contributed by atoms with Crippen LogP contribution in [0.3, 0.4) is 0 Å². The number of nitrogens with one attached hydrogen (secondary N) is 1. The Labute approximate surface area is 127 Å². The minimum Gasteiger partial charge on any atom is -0.382 e. The molecule has 3 N–H and O–H groups in total. The molecule has 0 radical (unpaired) electrons. The van der Waals surface area contributed by atoms with Crippen LogP contribution in [0.25, 0.3) is 0 Å². The average molecular weight is 333 g/mol. The summed E-state index contributed by atoms with van der Waals surface area (Å²) in [6.07, 6.45) is 1.66.